The second-order valence-electron chi connectivity index (χ2n) is 8.44. The monoisotopic (exact) mass is 433 g/mol. The summed E-state index contributed by atoms with van der Waals surface area (Å²) in [4.78, 5) is 27.3. The minimum absolute atomic E-state index is 0.0911. The molecule has 32 heavy (non-hydrogen) atoms. The predicted molar refractivity (Wildman–Crippen MR) is 122 cm³/mol. The molecule has 0 fully saturated rings. The summed E-state index contributed by atoms with van der Waals surface area (Å²) in [5.74, 6) is 0.814. The number of aromatic nitrogens is 3. The van der Waals surface area contributed by atoms with Crippen LogP contribution in [0.3, 0.4) is 0 Å². The predicted octanol–water partition coefficient (Wildman–Crippen LogP) is 3.19. The van der Waals surface area contributed by atoms with Crippen molar-refractivity contribution in [2.75, 3.05) is 33.1 Å². The summed E-state index contributed by atoms with van der Waals surface area (Å²) in [7, 11) is 4.96. The number of aliphatic hydroxyl groups excluding tert-OH is 1. The highest BCUT2D eigenvalue weighted by atomic mass is 16.5. The number of benzene rings is 1. The molecule has 1 aliphatic rings. The molecular weight excluding hydrogens is 406 g/mol. The van der Waals surface area contributed by atoms with E-state index in [0.29, 0.717) is 22.9 Å². The first-order valence-corrected chi connectivity index (χ1v) is 10.4. The van der Waals surface area contributed by atoms with Crippen LogP contribution in [-0.2, 0) is 11.8 Å². The molecule has 0 saturated carbocycles. The Morgan fingerprint density at radius 3 is 2.78 bits per heavy atom. The van der Waals surface area contributed by atoms with Gasteiger partial charge in [-0.1, -0.05) is 6.92 Å². The van der Waals surface area contributed by atoms with Crippen LogP contribution in [0.5, 0.6) is 5.75 Å². The van der Waals surface area contributed by atoms with Gasteiger partial charge in [0.1, 0.15) is 5.75 Å². The number of hydrogen-bond acceptors (Lipinski definition) is 7. The number of amides is 1. The SMILES string of the molecule is COc1cc(C(=O)N(C)C)ccc1Nc1nccc(-c2cnc3c(c2)C(C)(CO)CC3)n1. The maximum atomic E-state index is 12.2. The van der Waals surface area contributed by atoms with Crippen molar-refractivity contribution in [3.8, 4) is 17.0 Å². The van der Waals surface area contributed by atoms with E-state index in [0.717, 1.165) is 35.4 Å². The first-order chi connectivity index (χ1) is 15.3. The van der Waals surface area contributed by atoms with Gasteiger partial charge in [0.05, 0.1) is 25.1 Å². The molecule has 0 aliphatic heterocycles. The molecule has 0 saturated heterocycles. The highest BCUT2D eigenvalue weighted by Gasteiger charge is 2.35. The van der Waals surface area contributed by atoms with Gasteiger partial charge in [-0.3, -0.25) is 9.78 Å². The summed E-state index contributed by atoms with van der Waals surface area (Å²) in [6.07, 6.45) is 5.25. The Kier molecular flexibility index (Phi) is 5.80. The zero-order valence-electron chi connectivity index (χ0n) is 18.7. The van der Waals surface area contributed by atoms with Gasteiger partial charge in [-0.25, -0.2) is 9.97 Å². The Bertz CT molecular complexity index is 1160. The summed E-state index contributed by atoms with van der Waals surface area (Å²) >= 11 is 0. The largest absolute Gasteiger partial charge is 0.495 e. The van der Waals surface area contributed by atoms with E-state index < -0.39 is 0 Å². The lowest BCUT2D eigenvalue weighted by atomic mass is 9.85. The van der Waals surface area contributed by atoms with Gasteiger partial charge in [0.25, 0.3) is 5.91 Å². The molecule has 0 bridgehead atoms. The van der Waals surface area contributed by atoms with Gasteiger partial charge in [-0.05, 0) is 48.7 Å². The van der Waals surface area contributed by atoms with E-state index in [1.807, 2.05) is 12.3 Å². The standard InChI is InChI=1S/C24H27N5O3/c1-24(14-30)9-7-19-17(24)11-16(13-26-19)18-8-10-25-23(27-18)28-20-6-5-15(12-21(20)32-4)22(31)29(2)3/h5-6,8,10-13,30H,7,9,14H2,1-4H3,(H,25,27,28). The molecule has 1 aliphatic carbocycles. The Balaban J connectivity index is 1.63. The van der Waals surface area contributed by atoms with Crippen LogP contribution >= 0.6 is 0 Å². The molecule has 2 aromatic heterocycles. The van der Waals surface area contributed by atoms with Gasteiger partial charge in [0.15, 0.2) is 0 Å². The summed E-state index contributed by atoms with van der Waals surface area (Å²) in [6.45, 7) is 2.15. The van der Waals surface area contributed by atoms with Crippen molar-refractivity contribution in [3.63, 3.8) is 0 Å². The van der Waals surface area contributed by atoms with E-state index in [2.05, 4.69) is 33.3 Å². The molecule has 1 unspecified atom stereocenters. The number of anilines is 2. The fourth-order valence-corrected chi connectivity index (χ4v) is 3.93. The lowest BCUT2D eigenvalue weighted by molar-refractivity contribution is 0.0827. The van der Waals surface area contributed by atoms with Crippen molar-refractivity contribution in [1.82, 2.24) is 19.9 Å². The van der Waals surface area contributed by atoms with Gasteiger partial charge < -0.3 is 20.1 Å². The first kappa shape index (κ1) is 21.7. The Labute approximate surface area is 187 Å². The third-order valence-electron chi connectivity index (χ3n) is 5.94. The number of aryl methyl sites for hydroxylation is 1. The van der Waals surface area contributed by atoms with E-state index in [1.165, 1.54) is 4.90 Å². The van der Waals surface area contributed by atoms with Crippen LogP contribution in [0.25, 0.3) is 11.3 Å². The molecule has 166 valence electrons. The number of aliphatic hydroxyl groups is 1. The average Bonchev–Trinajstić information content (AvgIpc) is 3.15. The molecule has 8 heteroatoms. The molecule has 1 aromatic carbocycles. The summed E-state index contributed by atoms with van der Waals surface area (Å²) in [6, 6.07) is 9.09. The smallest absolute Gasteiger partial charge is 0.253 e. The summed E-state index contributed by atoms with van der Waals surface area (Å²) < 4.78 is 5.47. The van der Waals surface area contributed by atoms with Crippen LogP contribution in [0.15, 0.2) is 42.7 Å². The fourth-order valence-electron chi connectivity index (χ4n) is 3.93. The van der Waals surface area contributed by atoms with Crippen molar-refractivity contribution in [1.29, 1.82) is 0 Å². The van der Waals surface area contributed by atoms with Gasteiger partial charge in [0.2, 0.25) is 5.95 Å². The fraction of sp³-hybridized carbons (Fsp3) is 0.333. The molecule has 0 spiro atoms. The molecule has 1 amide bonds. The number of carbonyl (C=O) groups excluding carboxylic acids is 1. The second-order valence-corrected chi connectivity index (χ2v) is 8.44. The van der Waals surface area contributed by atoms with Crippen molar-refractivity contribution < 1.29 is 14.6 Å². The first-order valence-electron chi connectivity index (χ1n) is 10.4. The Morgan fingerprint density at radius 1 is 1.25 bits per heavy atom. The van der Waals surface area contributed by atoms with Crippen LogP contribution in [-0.4, -0.2) is 58.7 Å². The summed E-state index contributed by atoms with van der Waals surface area (Å²) in [5.41, 5.74) is 4.62. The highest BCUT2D eigenvalue weighted by molar-refractivity contribution is 5.95. The maximum Gasteiger partial charge on any atom is 0.253 e. The quantitative estimate of drug-likeness (QED) is 0.616. The van der Waals surface area contributed by atoms with E-state index in [1.54, 1.807) is 45.6 Å². The molecule has 1 atom stereocenters. The number of nitrogens with zero attached hydrogens (tertiary/aromatic N) is 4. The van der Waals surface area contributed by atoms with Crippen molar-refractivity contribution in [2.24, 2.45) is 0 Å². The zero-order valence-corrected chi connectivity index (χ0v) is 18.7. The topological polar surface area (TPSA) is 100 Å². The molecule has 2 N–H and O–H groups in total. The van der Waals surface area contributed by atoms with Crippen LogP contribution < -0.4 is 10.1 Å². The van der Waals surface area contributed by atoms with Gasteiger partial charge in [0, 0.05) is 48.7 Å². The third-order valence-corrected chi connectivity index (χ3v) is 5.94. The van der Waals surface area contributed by atoms with E-state index in [-0.39, 0.29) is 17.9 Å². The van der Waals surface area contributed by atoms with E-state index in [4.69, 9.17) is 4.74 Å². The van der Waals surface area contributed by atoms with Crippen LogP contribution in [0.1, 0.15) is 35.0 Å². The summed E-state index contributed by atoms with van der Waals surface area (Å²) in [5, 5.41) is 13.1. The number of fused-ring (bicyclic) bond motifs is 1. The number of methoxy groups -OCH3 is 1. The molecule has 8 nitrogen and oxygen atoms in total. The molecule has 3 aromatic rings. The molecular formula is C24H27N5O3. The van der Waals surface area contributed by atoms with Crippen LogP contribution in [0.2, 0.25) is 0 Å². The van der Waals surface area contributed by atoms with Gasteiger partial charge >= 0.3 is 0 Å². The van der Waals surface area contributed by atoms with Crippen molar-refractivity contribution in [3.05, 3.63) is 59.5 Å². The zero-order chi connectivity index (χ0) is 22.9. The number of hydrogen-bond donors (Lipinski definition) is 2. The lowest BCUT2D eigenvalue weighted by Crippen LogP contribution is -2.23. The number of nitrogens with one attached hydrogen (secondary N) is 1. The Morgan fingerprint density at radius 2 is 2.06 bits per heavy atom. The van der Waals surface area contributed by atoms with E-state index in [9.17, 15) is 9.90 Å². The minimum Gasteiger partial charge on any atom is -0.495 e. The van der Waals surface area contributed by atoms with Gasteiger partial charge in [-0.15, -0.1) is 0 Å². The normalized spacial score (nSPS) is 17.0. The third kappa shape index (κ3) is 4.01. The maximum absolute atomic E-state index is 12.2. The number of pyridine rings is 1. The van der Waals surface area contributed by atoms with Crippen molar-refractivity contribution >= 4 is 17.5 Å². The average molecular weight is 434 g/mol. The van der Waals surface area contributed by atoms with Crippen molar-refractivity contribution in [2.45, 2.75) is 25.2 Å². The van der Waals surface area contributed by atoms with Crippen LogP contribution in [0.4, 0.5) is 11.6 Å². The highest BCUT2D eigenvalue weighted by Crippen LogP contribution is 2.39. The molecule has 0 radical (unpaired) electrons. The Hall–Kier alpha value is -3.52. The molecule has 4 rings (SSSR count). The second kappa shape index (κ2) is 8.55. The minimum atomic E-state index is -0.272. The number of carbonyl (C=O) groups is 1. The van der Waals surface area contributed by atoms with Gasteiger partial charge in [-0.2, -0.15) is 0 Å². The van der Waals surface area contributed by atoms with E-state index >= 15 is 0 Å². The lowest BCUT2D eigenvalue weighted by Gasteiger charge is -2.22. The number of ether oxygens (including phenoxy) is 1. The van der Waals surface area contributed by atoms with Crippen LogP contribution in [0, 0.1) is 0 Å². The number of rotatable bonds is 6. The molecule has 2 heterocycles.